The van der Waals surface area contributed by atoms with Crippen molar-refractivity contribution in [2.45, 2.75) is 17.4 Å². The molecule has 1 saturated heterocycles. The van der Waals surface area contributed by atoms with Gasteiger partial charge in [0.15, 0.2) is 0 Å². The summed E-state index contributed by atoms with van der Waals surface area (Å²) in [5, 5.41) is 25.3. The van der Waals surface area contributed by atoms with Crippen molar-refractivity contribution >= 4 is 21.4 Å². The fourth-order valence-corrected chi connectivity index (χ4v) is 2.57. The van der Waals surface area contributed by atoms with Gasteiger partial charge in [-0.3, -0.25) is 10.1 Å². The molecule has 0 spiro atoms. The third-order valence-electron chi connectivity index (χ3n) is 2.94. The van der Waals surface area contributed by atoms with Gasteiger partial charge >= 0.3 is 0 Å². The van der Waals surface area contributed by atoms with Crippen LogP contribution in [0.4, 0.5) is 11.4 Å². The van der Waals surface area contributed by atoms with E-state index in [-0.39, 0.29) is 10.6 Å². The molecule has 1 aromatic carbocycles. The maximum atomic E-state index is 11.3. The third kappa shape index (κ3) is 3.00. The van der Waals surface area contributed by atoms with Crippen LogP contribution in [-0.2, 0) is 10.0 Å². The quantitative estimate of drug-likeness (QED) is 0.586. The van der Waals surface area contributed by atoms with Crippen LogP contribution in [0.25, 0.3) is 0 Å². The van der Waals surface area contributed by atoms with E-state index in [1.807, 2.05) is 0 Å². The normalized spacial score (nSPS) is 19.7. The van der Waals surface area contributed by atoms with Gasteiger partial charge < -0.3 is 10.0 Å². The Bertz CT molecular complexity index is 616. The third-order valence-corrected chi connectivity index (χ3v) is 3.84. The molecule has 19 heavy (non-hydrogen) atoms. The van der Waals surface area contributed by atoms with Crippen molar-refractivity contribution in [3.05, 3.63) is 28.3 Å². The molecule has 0 amide bonds. The van der Waals surface area contributed by atoms with E-state index in [4.69, 9.17) is 5.14 Å². The van der Waals surface area contributed by atoms with E-state index in [2.05, 4.69) is 0 Å². The Morgan fingerprint density at radius 2 is 2.11 bits per heavy atom. The van der Waals surface area contributed by atoms with Crippen LogP contribution < -0.4 is 10.0 Å². The topological polar surface area (TPSA) is 127 Å². The van der Waals surface area contributed by atoms with Crippen LogP contribution >= 0.6 is 0 Å². The Hall–Kier alpha value is -1.71. The van der Waals surface area contributed by atoms with Crippen LogP contribution in [0.2, 0.25) is 0 Å². The Balaban J connectivity index is 2.49. The second kappa shape index (κ2) is 4.76. The van der Waals surface area contributed by atoms with E-state index >= 15 is 0 Å². The predicted molar refractivity (Wildman–Crippen MR) is 67.3 cm³/mol. The average molecular weight is 287 g/mol. The number of sulfonamides is 1. The summed E-state index contributed by atoms with van der Waals surface area (Å²) < 4.78 is 22.7. The zero-order chi connectivity index (χ0) is 14.2. The van der Waals surface area contributed by atoms with Crippen molar-refractivity contribution < 1.29 is 18.4 Å². The van der Waals surface area contributed by atoms with Crippen LogP contribution in [0.3, 0.4) is 0 Å². The number of hydrogen-bond acceptors (Lipinski definition) is 6. The minimum absolute atomic E-state index is 0.307. The lowest BCUT2D eigenvalue weighted by molar-refractivity contribution is -0.385. The van der Waals surface area contributed by atoms with Gasteiger partial charge in [-0.1, -0.05) is 0 Å². The van der Waals surface area contributed by atoms with Gasteiger partial charge in [0.25, 0.3) is 5.69 Å². The number of nitrogens with zero attached hydrogens (tertiary/aromatic N) is 2. The van der Waals surface area contributed by atoms with Gasteiger partial charge in [0.2, 0.25) is 10.0 Å². The minimum atomic E-state index is -4.02. The molecule has 1 aliphatic heterocycles. The lowest BCUT2D eigenvalue weighted by Gasteiger charge is -2.18. The van der Waals surface area contributed by atoms with Crippen molar-refractivity contribution in [1.29, 1.82) is 0 Å². The van der Waals surface area contributed by atoms with E-state index in [0.29, 0.717) is 25.2 Å². The number of hydrogen-bond donors (Lipinski definition) is 2. The fraction of sp³-hybridized carbons (Fsp3) is 0.400. The van der Waals surface area contributed by atoms with Crippen molar-refractivity contribution in [3.63, 3.8) is 0 Å². The second-order valence-electron chi connectivity index (χ2n) is 4.38. The molecule has 3 N–H and O–H groups in total. The molecular weight excluding hydrogens is 274 g/mol. The van der Waals surface area contributed by atoms with Crippen LogP contribution in [0.5, 0.6) is 0 Å². The summed E-state index contributed by atoms with van der Waals surface area (Å²) in [6, 6.07) is 3.47. The highest BCUT2D eigenvalue weighted by molar-refractivity contribution is 7.89. The number of β-amino-alcohol motifs (C(OH)–C–C–N with tert-alkyl or cyclic N) is 1. The first-order valence-electron chi connectivity index (χ1n) is 5.52. The molecule has 8 nitrogen and oxygen atoms in total. The Morgan fingerprint density at radius 3 is 2.58 bits per heavy atom. The summed E-state index contributed by atoms with van der Waals surface area (Å²) in [4.78, 5) is 11.5. The van der Waals surface area contributed by atoms with E-state index in [1.54, 1.807) is 4.90 Å². The monoisotopic (exact) mass is 287 g/mol. The number of benzene rings is 1. The molecular formula is C10H13N3O5S. The molecule has 104 valence electrons. The van der Waals surface area contributed by atoms with Crippen LogP contribution in [-0.4, -0.2) is 37.6 Å². The van der Waals surface area contributed by atoms with E-state index in [9.17, 15) is 23.6 Å². The summed E-state index contributed by atoms with van der Waals surface area (Å²) in [6.45, 7) is 0.817. The SMILES string of the molecule is NS(=O)(=O)c1cc(N2CC[C@H](O)C2)cc([N+](=O)[O-])c1. The number of nitro groups is 1. The maximum Gasteiger partial charge on any atom is 0.272 e. The summed E-state index contributed by atoms with van der Waals surface area (Å²) in [7, 11) is -4.02. The smallest absolute Gasteiger partial charge is 0.272 e. The van der Waals surface area contributed by atoms with Crippen LogP contribution in [0, 0.1) is 10.1 Å². The molecule has 0 bridgehead atoms. The molecule has 0 aliphatic carbocycles. The van der Waals surface area contributed by atoms with Gasteiger partial charge in [0.05, 0.1) is 15.9 Å². The zero-order valence-electron chi connectivity index (χ0n) is 9.89. The zero-order valence-corrected chi connectivity index (χ0v) is 10.7. The van der Waals surface area contributed by atoms with Crippen LogP contribution in [0.15, 0.2) is 23.1 Å². The number of primary sulfonamides is 1. The van der Waals surface area contributed by atoms with Crippen molar-refractivity contribution in [2.75, 3.05) is 18.0 Å². The summed E-state index contributed by atoms with van der Waals surface area (Å²) in [6.07, 6.45) is 0.0186. The van der Waals surface area contributed by atoms with E-state index in [1.165, 1.54) is 12.1 Å². The van der Waals surface area contributed by atoms with Crippen molar-refractivity contribution in [2.24, 2.45) is 5.14 Å². The van der Waals surface area contributed by atoms with Crippen molar-refractivity contribution in [1.82, 2.24) is 0 Å². The highest BCUT2D eigenvalue weighted by Gasteiger charge is 2.24. The standard InChI is InChI=1S/C10H13N3O5S/c11-19(17,18)10-4-7(3-8(5-10)13(15)16)12-2-1-9(14)6-12/h3-5,9,14H,1-2,6H2,(H2,11,17,18)/t9-/m0/s1. The Morgan fingerprint density at radius 1 is 1.42 bits per heavy atom. The molecule has 9 heteroatoms. The lowest BCUT2D eigenvalue weighted by atomic mass is 10.2. The second-order valence-corrected chi connectivity index (χ2v) is 5.94. The van der Waals surface area contributed by atoms with Gasteiger partial charge in [-0.05, 0) is 12.5 Å². The molecule has 0 aromatic heterocycles. The molecule has 0 saturated carbocycles. The molecule has 1 atom stereocenters. The molecule has 0 radical (unpaired) electrons. The molecule has 1 aliphatic rings. The Kier molecular flexibility index (Phi) is 3.43. The number of anilines is 1. The number of aliphatic hydroxyl groups is 1. The maximum absolute atomic E-state index is 11.3. The number of nitro benzene ring substituents is 1. The summed E-state index contributed by atoms with van der Waals surface area (Å²) >= 11 is 0. The highest BCUT2D eigenvalue weighted by Crippen LogP contribution is 2.28. The largest absolute Gasteiger partial charge is 0.391 e. The van der Waals surface area contributed by atoms with Crippen LogP contribution in [0.1, 0.15) is 6.42 Å². The summed E-state index contributed by atoms with van der Waals surface area (Å²) in [5.74, 6) is 0. The average Bonchev–Trinajstić information content (AvgIpc) is 2.74. The van der Waals surface area contributed by atoms with Gasteiger partial charge in [0.1, 0.15) is 0 Å². The molecule has 0 unspecified atom stereocenters. The highest BCUT2D eigenvalue weighted by atomic mass is 32.2. The first-order chi connectivity index (χ1) is 8.77. The number of aliphatic hydroxyl groups excluding tert-OH is 1. The first kappa shape index (κ1) is 13.7. The van der Waals surface area contributed by atoms with E-state index < -0.39 is 21.1 Å². The predicted octanol–water partition coefficient (Wildman–Crippen LogP) is -0.187. The fourth-order valence-electron chi connectivity index (χ4n) is 2.00. The van der Waals surface area contributed by atoms with Gasteiger partial charge in [-0.15, -0.1) is 0 Å². The molecule has 1 fully saturated rings. The first-order valence-corrected chi connectivity index (χ1v) is 7.07. The molecule has 2 rings (SSSR count). The number of nitrogens with two attached hydrogens (primary N) is 1. The van der Waals surface area contributed by atoms with Crippen molar-refractivity contribution in [3.8, 4) is 0 Å². The van der Waals surface area contributed by atoms with Gasteiger partial charge in [-0.2, -0.15) is 0 Å². The lowest BCUT2D eigenvalue weighted by Crippen LogP contribution is -2.22. The minimum Gasteiger partial charge on any atom is -0.391 e. The number of rotatable bonds is 3. The molecule has 1 aromatic rings. The van der Waals surface area contributed by atoms with E-state index in [0.717, 1.165) is 6.07 Å². The Labute approximate surface area is 109 Å². The molecule has 1 heterocycles. The van der Waals surface area contributed by atoms with Gasteiger partial charge in [-0.25, -0.2) is 13.6 Å². The van der Waals surface area contributed by atoms with Gasteiger partial charge in [0, 0.05) is 30.9 Å². The summed E-state index contributed by atoms with van der Waals surface area (Å²) in [5.41, 5.74) is 0.0256. The number of non-ortho nitro benzene ring substituents is 1.